The fraction of sp³-hybridized carbons (Fsp3) is 0.222. The maximum absolute atomic E-state index is 11.2. The predicted molar refractivity (Wildman–Crippen MR) is 128 cm³/mol. The Hall–Kier alpha value is -2.91. The van der Waals surface area contributed by atoms with E-state index in [0.29, 0.717) is 0 Å². The highest BCUT2D eigenvalue weighted by molar-refractivity contribution is 7.13. The molecule has 0 unspecified atom stereocenters. The summed E-state index contributed by atoms with van der Waals surface area (Å²) in [6.45, 7) is 10.8. The number of hydrogen-bond acceptors (Lipinski definition) is 3. The average Bonchev–Trinajstić information content (AvgIpc) is 3.17. The summed E-state index contributed by atoms with van der Waals surface area (Å²) < 4.78 is 0. The summed E-state index contributed by atoms with van der Waals surface area (Å²) in [5.41, 5.74) is 8.30. The summed E-state index contributed by atoms with van der Waals surface area (Å²) in [6.07, 6.45) is 0. The number of thiazole rings is 1. The van der Waals surface area contributed by atoms with Gasteiger partial charge >= 0.3 is 0 Å². The lowest BCUT2D eigenvalue weighted by Gasteiger charge is -2.22. The average molecular weight is 414 g/mol. The van der Waals surface area contributed by atoms with Crippen LogP contribution in [0.15, 0.2) is 66.0 Å². The molecular weight excluding hydrogens is 386 g/mol. The first-order valence-corrected chi connectivity index (χ1v) is 11.1. The van der Waals surface area contributed by atoms with Gasteiger partial charge in [-0.05, 0) is 54.7 Å². The minimum atomic E-state index is -0.0419. The van der Waals surface area contributed by atoms with E-state index in [1.165, 1.54) is 16.7 Å². The number of aromatic nitrogens is 1. The van der Waals surface area contributed by atoms with E-state index in [1.807, 2.05) is 30.3 Å². The molecule has 0 atom stereocenters. The molecule has 0 fully saturated rings. The third-order valence-corrected chi connectivity index (χ3v) is 6.19. The van der Waals surface area contributed by atoms with E-state index in [1.54, 1.807) is 11.3 Å². The van der Waals surface area contributed by atoms with Crippen molar-refractivity contribution in [1.29, 1.82) is 0 Å². The molecule has 3 heteroatoms. The SMILES string of the molecule is Cc1cc(C)cc(-c2csc(-c3cc(C(C)(C)C)cc(-c4ccccc4)c3O)n2)c1. The number of aromatic hydroxyl groups is 1. The first-order chi connectivity index (χ1) is 14.2. The maximum Gasteiger partial charge on any atom is 0.133 e. The zero-order chi connectivity index (χ0) is 21.5. The van der Waals surface area contributed by atoms with Gasteiger partial charge in [-0.25, -0.2) is 4.98 Å². The molecule has 0 aliphatic heterocycles. The van der Waals surface area contributed by atoms with Gasteiger partial charge in [0.1, 0.15) is 10.8 Å². The third-order valence-electron chi connectivity index (χ3n) is 5.31. The zero-order valence-electron chi connectivity index (χ0n) is 18.2. The van der Waals surface area contributed by atoms with Gasteiger partial charge in [-0.15, -0.1) is 11.3 Å². The molecule has 2 nitrogen and oxygen atoms in total. The van der Waals surface area contributed by atoms with Crippen LogP contribution in [-0.4, -0.2) is 10.1 Å². The number of benzene rings is 3. The second-order valence-corrected chi connectivity index (χ2v) is 9.81. The molecule has 0 aliphatic rings. The second kappa shape index (κ2) is 7.73. The number of phenolic OH excluding ortho intramolecular Hbond substituents is 1. The van der Waals surface area contributed by atoms with Crippen molar-refractivity contribution in [3.63, 3.8) is 0 Å². The minimum Gasteiger partial charge on any atom is -0.507 e. The summed E-state index contributed by atoms with van der Waals surface area (Å²) in [5, 5.41) is 14.1. The molecule has 30 heavy (non-hydrogen) atoms. The molecule has 0 bridgehead atoms. The van der Waals surface area contributed by atoms with Gasteiger partial charge in [0.05, 0.1) is 11.3 Å². The Morgan fingerprint density at radius 3 is 2.07 bits per heavy atom. The Balaban J connectivity index is 1.88. The molecule has 152 valence electrons. The zero-order valence-corrected chi connectivity index (χ0v) is 19.0. The quantitative estimate of drug-likeness (QED) is 0.372. The maximum atomic E-state index is 11.2. The molecule has 4 aromatic rings. The highest BCUT2D eigenvalue weighted by Gasteiger charge is 2.22. The van der Waals surface area contributed by atoms with Crippen LogP contribution in [0, 0.1) is 13.8 Å². The Labute approximate surface area is 182 Å². The molecule has 0 saturated heterocycles. The largest absolute Gasteiger partial charge is 0.507 e. The van der Waals surface area contributed by atoms with Gasteiger partial charge in [-0.2, -0.15) is 0 Å². The van der Waals surface area contributed by atoms with Crippen molar-refractivity contribution in [3.05, 3.63) is 82.7 Å². The number of hydrogen-bond donors (Lipinski definition) is 1. The van der Waals surface area contributed by atoms with E-state index in [0.717, 1.165) is 33.0 Å². The van der Waals surface area contributed by atoms with Crippen LogP contribution in [0.1, 0.15) is 37.5 Å². The van der Waals surface area contributed by atoms with Crippen molar-refractivity contribution in [3.8, 4) is 38.7 Å². The van der Waals surface area contributed by atoms with E-state index >= 15 is 0 Å². The standard InChI is InChI=1S/C27H27NOS/c1-17-11-18(2)13-20(12-17)24-16-30-26(28-24)23-15-21(27(3,4)5)14-22(25(23)29)19-9-7-6-8-10-19/h6-16,29H,1-5H3. The van der Waals surface area contributed by atoms with Crippen LogP contribution in [0.3, 0.4) is 0 Å². The first-order valence-electron chi connectivity index (χ1n) is 10.2. The molecule has 1 N–H and O–H groups in total. The van der Waals surface area contributed by atoms with Crippen molar-refractivity contribution >= 4 is 11.3 Å². The van der Waals surface area contributed by atoms with Crippen LogP contribution in [0.5, 0.6) is 5.75 Å². The Morgan fingerprint density at radius 2 is 1.43 bits per heavy atom. The second-order valence-electron chi connectivity index (χ2n) is 8.95. The number of aryl methyl sites for hydroxylation is 2. The Morgan fingerprint density at radius 1 is 0.800 bits per heavy atom. The van der Waals surface area contributed by atoms with E-state index in [2.05, 4.69) is 70.3 Å². The molecule has 0 aliphatic carbocycles. The van der Waals surface area contributed by atoms with Gasteiger partial charge in [-0.1, -0.05) is 68.3 Å². The van der Waals surface area contributed by atoms with Crippen LogP contribution in [0.2, 0.25) is 0 Å². The highest BCUT2D eigenvalue weighted by Crippen LogP contribution is 2.43. The smallest absolute Gasteiger partial charge is 0.133 e. The molecule has 0 spiro atoms. The molecule has 0 saturated carbocycles. The highest BCUT2D eigenvalue weighted by atomic mass is 32.1. The lowest BCUT2D eigenvalue weighted by molar-refractivity contribution is 0.478. The van der Waals surface area contributed by atoms with Crippen molar-refractivity contribution < 1.29 is 5.11 Å². The fourth-order valence-electron chi connectivity index (χ4n) is 3.72. The molecule has 4 rings (SSSR count). The molecule has 1 aromatic heterocycles. The van der Waals surface area contributed by atoms with Gasteiger partial charge < -0.3 is 5.11 Å². The van der Waals surface area contributed by atoms with Crippen molar-refractivity contribution in [2.45, 2.75) is 40.0 Å². The van der Waals surface area contributed by atoms with E-state index in [-0.39, 0.29) is 11.2 Å². The Bertz CT molecular complexity index is 1180. The summed E-state index contributed by atoms with van der Waals surface area (Å²) in [7, 11) is 0. The third kappa shape index (κ3) is 4.03. The molecule has 0 amide bonds. The van der Waals surface area contributed by atoms with Crippen LogP contribution in [-0.2, 0) is 5.41 Å². The van der Waals surface area contributed by atoms with Crippen LogP contribution in [0.4, 0.5) is 0 Å². The van der Waals surface area contributed by atoms with E-state index in [4.69, 9.17) is 4.98 Å². The molecule has 0 radical (unpaired) electrons. The molecular formula is C27H27NOS. The summed E-state index contributed by atoms with van der Waals surface area (Å²) in [5.74, 6) is 0.288. The minimum absolute atomic E-state index is 0.0419. The van der Waals surface area contributed by atoms with Gasteiger partial charge in [0, 0.05) is 16.5 Å². The van der Waals surface area contributed by atoms with Gasteiger partial charge in [0.2, 0.25) is 0 Å². The summed E-state index contributed by atoms with van der Waals surface area (Å²) >= 11 is 1.58. The normalized spacial score (nSPS) is 11.6. The molecule has 1 heterocycles. The van der Waals surface area contributed by atoms with Gasteiger partial charge in [-0.3, -0.25) is 0 Å². The first kappa shape index (κ1) is 20.4. The van der Waals surface area contributed by atoms with E-state index < -0.39 is 0 Å². The fourth-order valence-corrected chi connectivity index (χ4v) is 4.57. The topological polar surface area (TPSA) is 33.1 Å². The number of rotatable bonds is 3. The summed E-state index contributed by atoms with van der Waals surface area (Å²) in [6, 6.07) is 20.7. The number of phenols is 1. The Kier molecular flexibility index (Phi) is 5.25. The predicted octanol–water partition coefficient (Wildman–Crippen LogP) is 7.76. The summed E-state index contributed by atoms with van der Waals surface area (Å²) in [4.78, 5) is 4.91. The monoisotopic (exact) mass is 413 g/mol. The van der Waals surface area contributed by atoms with Gasteiger partial charge in [0.15, 0.2) is 0 Å². The number of nitrogens with zero attached hydrogens (tertiary/aromatic N) is 1. The van der Waals surface area contributed by atoms with Crippen LogP contribution in [0.25, 0.3) is 33.0 Å². The van der Waals surface area contributed by atoms with Crippen molar-refractivity contribution in [2.75, 3.05) is 0 Å². The molecule has 3 aromatic carbocycles. The lowest BCUT2D eigenvalue weighted by atomic mass is 9.83. The van der Waals surface area contributed by atoms with Crippen LogP contribution >= 0.6 is 11.3 Å². The van der Waals surface area contributed by atoms with E-state index in [9.17, 15) is 5.11 Å². The lowest BCUT2D eigenvalue weighted by Crippen LogP contribution is -2.11. The van der Waals surface area contributed by atoms with Crippen molar-refractivity contribution in [1.82, 2.24) is 4.98 Å². The van der Waals surface area contributed by atoms with Crippen molar-refractivity contribution in [2.24, 2.45) is 0 Å². The van der Waals surface area contributed by atoms with Crippen LogP contribution < -0.4 is 0 Å². The van der Waals surface area contributed by atoms with Gasteiger partial charge in [0.25, 0.3) is 0 Å².